The number of halogens is 1. The van der Waals surface area contributed by atoms with Gasteiger partial charge in [-0.1, -0.05) is 48.4 Å². The van der Waals surface area contributed by atoms with Crippen LogP contribution in [0.15, 0.2) is 29.1 Å². The van der Waals surface area contributed by atoms with Crippen molar-refractivity contribution in [1.29, 1.82) is 0 Å². The zero-order valence-corrected chi connectivity index (χ0v) is 17.7. The zero-order valence-electron chi connectivity index (χ0n) is 17.0. The van der Waals surface area contributed by atoms with Crippen LogP contribution >= 0.6 is 11.6 Å². The van der Waals surface area contributed by atoms with Gasteiger partial charge in [0.25, 0.3) is 5.56 Å². The molecule has 1 aliphatic heterocycles. The van der Waals surface area contributed by atoms with Gasteiger partial charge in [-0.3, -0.25) is 9.59 Å². The first-order valence-electron chi connectivity index (χ1n) is 10.4. The molecule has 158 valence electrons. The summed E-state index contributed by atoms with van der Waals surface area (Å²) >= 11 is 6.27. The van der Waals surface area contributed by atoms with E-state index in [0.717, 1.165) is 31.2 Å². The quantitative estimate of drug-likeness (QED) is 0.650. The van der Waals surface area contributed by atoms with Crippen LogP contribution < -0.4 is 5.56 Å². The maximum absolute atomic E-state index is 12.6. The molecule has 0 radical (unpaired) electrons. The molecule has 1 aliphatic rings. The van der Waals surface area contributed by atoms with Gasteiger partial charge in [0.1, 0.15) is 5.82 Å². The van der Waals surface area contributed by atoms with Gasteiger partial charge in [-0.05, 0) is 30.9 Å². The SMILES string of the molecule is CCCCC(=O)N1CCC(c2nc3c(nnn3Cc3ccccc3Cl)c(=O)[nH]2)CC1. The molecule has 0 atom stereocenters. The first-order chi connectivity index (χ1) is 14.6. The highest BCUT2D eigenvalue weighted by Crippen LogP contribution is 2.26. The lowest BCUT2D eigenvalue weighted by Gasteiger charge is -2.31. The molecule has 4 rings (SSSR count). The summed E-state index contributed by atoms with van der Waals surface area (Å²) in [5.41, 5.74) is 1.27. The van der Waals surface area contributed by atoms with Crippen LogP contribution in [-0.2, 0) is 11.3 Å². The number of piperidine rings is 1. The second kappa shape index (κ2) is 8.95. The fourth-order valence-corrected chi connectivity index (χ4v) is 4.05. The van der Waals surface area contributed by atoms with E-state index in [-0.39, 0.29) is 22.9 Å². The Morgan fingerprint density at radius 3 is 2.77 bits per heavy atom. The summed E-state index contributed by atoms with van der Waals surface area (Å²) in [6.45, 7) is 3.84. The third kappa shape index (κ3) is 4.23. The molecule has 0 spiro atoms. The van der Waals surface area contributed by atoms with E-state index in [1.165, 1.54) is 0 Å². The van der Waals surface area contributed by atoms with Crippen LogP contribution in [0.3, 0.4) is 0 Å². The predicted octanol–water partition coefficient (Wildman–Crippen LogP) is 3.11. The van der Waals surface area contributed by atoms with Crippen molar-refractivity contribution in [3.63, 3.8) is 0 Å². The number of carbonyl (C=O) groups excluding carboxylic acids is 1. The highest BCUT2D eigenvalue weighted by molar-refractivity contribution is 6.31. The average Bonchev–Trinajstić information content (AvgIpc) is 3.17. The Morgan fingerprint density at radius 2 is 2.03 bits per heavy atom. The third-order valence-corrected chi connectivity index (χ3v) is 6.02. The Hall–Kier alpha value is -2.74. The van der Waals surface area contributed by atoms with Crippen LogP contribution in [0.25, 0.3) is 11.2 Å². The van der Waals surface area contributed by atoms with E-state index in [9.17, 15) is 9.59 Å². The van der Waals surface area contributed by atoms with Gasteiger partial charge in [-0.15, -0.1) is 5.10 Å². The number of amides is 1. The van der Waals surface area contributed by atoms with E-state index >= 15 is 0 Å². The molecule has 1 amide bonds. The second-order valence-corrected chi connectivity index (χ2v) is 8.13. The number of benzene rings is 1. The van der Waals surface area contributed by atoms with Gasteiger partial charge in [0.2, 0.25) is 5.91 Å². The summed E-state index contributed by atoms with van der Waals surface area (Å²) in [5.74, 6) is 0.950. The summed E-state index contributed by atoms with van der Waals surface area (Å²) in [6.07, 6.45) is 4.10. The summed E-state index contributed by atoms with van der Waals surface area (Å²) in [5, 5.41) is 8.75. The maximum Gasteiger partial charge on any atom is 0.281 e. The largest absolute Gasteiger partial charge is 0.343 e. The number of carbonyl (C=O) groups is 1. The van der Waals surface area contributed by atoms with E-state index < -0.39 is 0 Å². The lowest BCUT2D eigenvalue weighted by Crippen LogP contribution is -2.38. The van der Waals surface area contributed by atoms with Crippen molar-refractivity contribution in [2.24, 2.45) is 0 Å². The number of rotatable bonds is 6. The molecular formula is C21H25ClN6O2. The molecule has 30 heavy (non-hydrogen) atoms. The number of likely N-dealkylation sites (tertiary alicyclic amines) is 1. The van der Waals surface area contributed by atoms with Crippen LogP contribution in [0.4, 0.5) is 0 Å². The number of unbranched alkanes of at least 4 members (excludes halogenated alkanes) is 1. The van der Waals surface area contributed by atoms with Crippen LogP contribution in [0.5, 0.6) is 0 Å². The van der Waals surface area contributed by atoms with Gasteiger partial charge in [0.05, 0.1) is 6.54 Å². The minimum atomic E-state index is -0.290. The Balaban J connectivity index is 1.54. The lowest BCUT2D eigenvalue weighted by atomic mass is 9.95. The third-order valence-electron chi connectivity index (χ3n) is 5.65. The fourth-order valence-electron chi connectivity index (χ4n) is 3.86. The van der Waals surface area contributed by atoms with Crippen molar-refractivity contribution < 1.29 is 4.79 Å². The summed E-state index contributed by atoms with van der Waals surface area (Å²) in [4.78, 5) is 34.3. The standard InChI is InChI=1S/C21H25ClN6O2/c1-2-3-8-17(29)27-11-9-14(10-12-27)19-23-20-18(21(30)24-19)25-26-28(20)13-15-6-4-5-7-16(15)22/h4-7,14H,2-3,8-13H2,1H3,(H,23,24,30). The fraction of sp³-hybridized carbons (Fsp3) is 0.476. The molecule has 1 fully saturated rings. The highest BCUT2D eigenvalue weighted by Gasteiger charge is 2.26. The van der Waals surface area contributed by atoms with Crippen molar-refractivity contribution in [2.75, 3.05) is 13.1 Å². The van der Waals surface area contributed by atoms with Gasteiger partial charge >= 0.3 is 0 Å². The molecule has 1 aromatic carbocycles. The minimum absolute atomic E-state index is 0.0981. The van der Waals surface area contributed by atoms with Gasteiger partial charge in [-0.25, -0.2) is 9.67 Å². The van der Waals surface area contributed by atoms with Crippen LogP contribution in [0, 0.1) is 0 Å². The summed E-state index contributed by atoms with van der Waals surface area (Å²) in [6, 6.07) is 7.50. The first-order valence-corrected chi connectivity index (χ1v) is 10.8. The Bertz CT molecular complexity index is 1100. The van der Waals surface area contributed by atoms with E-state index in [2.05, 4.69) is 22.2 Å². The molecule has 3 aromatic rings. The molecule has 1 N–H and O–H groups in total. The Kier molecular flexibility index (Phi) is 6.13. The van der Waals surface area contributed by atoms with E-state index in [4.69, 9.17) is 16.6 Å². The van der Waals surface area contributed by atoms with Crippen LogP contribution in [-0.4, -0.2) is 48.9 Å². The van der Waals surface area contributed by atoms with Crippen molar-refractivity contribution in [1.82, 2.24) is 29.9 Å². The number of aromatic amines is 1. The number of hydrogen-bond acceptors (Lipinski definition) is 5. The molecule has 0 unspecified atom stereocenters. The number of aromatic nitrogens is 5. The zero-order chi connectivity index (χ0) is 21.1. The van der Waals surface area contributed by atoms with Gasteiger partial charge in [0, 0.05) is 30.5 Å². The summed E-state index contributed by atoms with van der Waals surface area (Å²) in [7, 11) is 0. The molecule has 3 heterocycles. The van der Waals surface area contributed by atoms with Crippen molar-refractivity contribution >= 4 is 28.7 Å². The number of nitrogens with zero attached hydrogens (tertiary/aromatic N) is 5. The molecule has 9 heteroatoms. The smallest absolute Gasteiger partial charge is 0.281 e. The van der Waals surface area contributed by atoms with Crippen LogP contribution in [0.1, 0.15) is 56.3 Å². The van der Waals surface area contributed by atoms with Gasteiger partial charge in [0.15, 0.2) is 11.2 Å². The van der Waals surface area contributed by atoms with Gasteiger partial charge in [-0.2, -0.15) is 0 Å². The minimum Gasteiger partial charge on any atom is -0.343 e. The monoisotopic (exact) mass is 428 g/mol. The normalized spacial score (nSPS) is 15.1. The molecule has 1 saturated heterocycles. The van der Waals surface area contributed by atoms with Crippen molar-refractivity contribution in [3.8, 4) is 0 Å². The summed E-state index contributed by atoms with van der Waals surface area (Å²) < 4.78 is 1.61. The molecule has 8 nitrogen and oxygen atoms in total. The second-order valence-electron chi connectivity index (χ2n) is 7.72. The Labute approximate surface area is 179 Å². The number of H-pyrrole nitrogens is 1. The molecule has 0 aliphatic carbocycles. The molecule has 0 saturated carbocycles. The van der Waals surface area contributed by atoms with E-state index in [0.29, 0.717) is 42.5 Å². The molecule has 2 aromatic heterocycles. The van der Waals surface area contributed by atoms with Gasteiger partial charge < -0.3 is 9.88 Å². The predicted molar refractivity (Wildman–Crippen MR) is 115 cm³/mol. The van der Waals surface area contributed by atoms with E-state index in [1.807, 2.05) is 29.2 Å². The number of hydrogen-bond donors (Lipinski definition) is 1. The lowest BCUT2D eigenvalue weighted by molar-refractivity contribution is -0.132. The number of nitrogens with one attached hydrogen (secondary N) is 1. The molecular weight excluding hydrogens is 404 g/mol. The first kappa shape index (κ1) is 20.5. The maximum atomic E-state index is 12.6. The van der Waals surface area contributed by atoms with E-state index in [1.54, 1.807) is 4.68 Å². The van der Waals surface area contributed by atoms with Crippen molar-refractivity contribution in [3.05, 3.63) is 51.0 Å². The average molecular weight is 429 g/mol. The van der Waals surface area contributed by atoms with Crippen LogP contribution in [0.2, 0.25) is 5.02 Å². The van der Waals surface area contributed by atoms with Crippen molar-refractivity contribution in [2.45, 2.75) is 51.5 Å². The number of fused-ring (bicyclic) bond motifs is 1. The topological polar surface area (TPSA) is 96.8 Å². The Morgan fingerprint density at radius 1 is 1.27 bits per heavy atom. The highest BCUT2D eigenvalue weighted by atomic mass is 35.5. The molecule has 0 bridgehead atoms.